The molecular weight excluding hydrogens is 265 g/mol. The molecule has 0 aliphatic carbocycles. The van der Waals surface area contributed by atoms with Crippen molar-refractivity contribution in [1.82, 2.24) is 9.55 Å². The maximum Gasteiger partial charge on any atom is 0.315 e. The van der Waals surface area contributed by atoms with Crippen LogP contribution in [-0.4, -0.2) is 26.5 Å². The molecule has 0 bridgehead atoms. The molecule has 106 valence electrons. The number of carbonyl (C=O) groups is 2. The molecule has 0 aliphatic rings. The molecule has 2 aromatic rings. The molecule has 0 saturated heterocycles. The third kappa shape index (κ3) is 2.47. The Labute approximate surface area is 114 Å². The van der Waals surface area contributed by atoms with Gasteiger partial charge in [0.05, 0.1) is 11.0 Å². The van der Waals surface area contributed by atoms with Crippen LogP contribution in [0.25, 0.3) is 11.0 Å². The Kier molecular flexibility index (Phi) is 3.69. The van der Waals surface area contributed by atoms with Crippen molar-refractivity contribution in [2.45, 2.75) is 20.4 Å². The molecule has 1 heterocycles. The Balaban J connectivity index is 2.39. The van der Waals surface area contributed by atoms with Gasteiger partial charge in [-0.05, 0) is 26.0 Å². The van der Waals surface area contributed by atoms with E-state index in [2.05, 4.69) is 10.3 Å². The number of amides is 1. The van der Waals surface area contributed by atoms with Gasteiger partial charge >= 0.3 is 5.97 Å². The monoisotopic (exact) mass is 279 g/mol. The number of aliphatic carboxylic acids is 1. The molecule has 1 amide bonds. The number of nitrogens with zero attached hydrogens (tertiary/aromatic N) is 2. The summed E-state index contributed by atoms with van der Waals surface area (Å²) in [5, 5.41) is 11.3. The second kappa shape index (κ2) is 5.28. The molecular formula is C13H14FN3O3. The topological polar surface area (TPSA) is 84.2 Å². The number of fused-ring (bicyclic) bond motifs is 1. The molecule has 1 aromatic heterocycles. The third-order valence-electron chi connectivity index (χ3n) is 3.03. The zero-order valence-electron chi connectivity index (χ0n) is 11.1. The van der Waals surface area contributed by atoms with Gasteiger partial charge in [0.15, 0.2) is 0 Å². The lowest BCUT2D eigenvalue weighted by molar-refractivity contribution is -0.144. The molecule has 0 radical (unpaired) electrons. The van der Waals surface area contributed by atoms with E-state index in [0.29, 0.717) is 17.6 Å². The summed E-state index contributed by atoms with van der Waals surface area (Å²) in [7, 11) is 0. The van der Waals surface area contributed by atoms with Gasteiger partial charge in [-0.3, -0.25) is 14.9 Å². The van der Waals surface area contributed by atoms with Crippen molar-refractivity contribution in [3.8, 4) is 0 Å². The third-order valence-corrected chi connectivity index (χ3v) is 3.03. The lowest BCUT2D eigenvalue weighted by atomic mass is 10.2. The highest BCUT2D eigenvalue weighted by atomic mass is 19.1. The van der Waals surface area contributed by atoms with Crippen molar-refractivity contribution in [2.75, 3.05) is 5.32 Å². The first-order valence-electron chi connectivity index (χ1n) is 6.13. The van der Waals surface area contributed by atoms with E-state index in [4.69, 9.17) is 5.11 Å². The average molecular weight is 279 g/mol. The fraction of sp³-hybridized carbons (Fsp3) is 0.308. The predicted molar refractivity (Wildman–Crippen MR) is 70.8 cm³/mol. The number of benzene rings is 1. The number of hydrogen-bond acceptors (Lipinski definition) is 3. The van der Waals surface area contributed by atoms with Gasteiger partial charge in [0.25, 0.3) is 0 Å². The van der Waals surface area contributed by atoms with Crippen molar-refractivity contribution in [3.05, 3.63) is 24.0 Å². The summed E-state index contributed by atoms with van der Waals surface area (Å²) in [5.41, 5.74) is 1.08. The fourth-order valence-electron chi connectivity index (χ4n) is 1.85. The van der Waals surface area contributed by atoms with Crippen LogP contribution in [0.1, 0.15) is 13.8 Å². The number of aryl methyl sites for hydroxylation is 1. The van der Waals surface area contributed by atoms with Crippen LogP contribution >= 0.6 is 0 Å². The Morgan fingerprint density at radius 1 is 1.50 bits per heavy atom. The van der Waals surface area contributed by atoms with E-state index in [1.165, 1.54) is 19.1 Å². The molecule has 0 fully saturated rings. The maximum absolute atomic E-state index is 13.2. The highest BCUT2D eigenvalue weighted by molar-refractivity contribution is 6.03. The quantitative estimate of drug-likeness (QED) is 0.836. The lowest BCUT2D eigenvalue weighted by Gasteiger charge is -2.09. The largest absolute Gasteiger partial charge is 0.481 e. The first-order valence-corrected chi connectivity index (χ1v) is 6.13. The Morgan fingerprint density at radius 2 is 2.20 bits per heavy atom. The smallest absolute Gasteiger partial charge is 0.315 e. The van der Waals surface area contributed by atoms with E-state index in [0.717, 1.165) is 0 Å². The molecule has 2 N–H and O–H groups in total. The van der Waals surface area contributed by atoms with Crippen LogP contribution in [0.3, 0.4) is 0 Å². The molecule has 1 unspecified atom stereocenters. The van der Waals surface area contributed by atoms with Gasteiger partial charge in [-0.25, -0.2) is 9.37 Å². The first-order chi connectivity index (χ1) is 9.43. The molecule has 0 spiro atoms. The number of aromatic nitrogens is 2. The predicted octanol–water partition coefficient (Wildman–Crippen LogP) is 1.85. The first kappa shape index (κ1) is 14.0. The van der Waals surface area contributed by atoms with E-state index in [1.54, 1.807) is 10.6 Å². The molecule has 0 saturated carbocycles. The standard InChI is InChI=1S/C13H14FN3O3/c1-3-17-10-5-4-8(14)6-9(10)15-13(17)16-11(18)7(2)12(19)20/h4-7H,3H2,1-2H3,(H,19,20)(H,15,16,18). The second-order valence-corrected chi connectivity index (χ2v) is 4.36. The normalized spacial score (nSPS) is 12.3. The van der Waals surface area contributed by atoms with Gasteiger partial charge < -0.3 is 9.67 Å². The number of imidazole rings is 1. The lowest BCUT2D eigenvalue weighted by Crippen LogP contribution is -2.28. The van der Waals surface area contributed by atoms with E-state index in [1.807, 2.05) is 6.92 Å². The number of carbonyl (C=O) groups excluding carboxylic acids is 1. The summed E-state index contributed by atoms with van der Waals surface area (Å²) in [6.45, 7) is 3.65. The second-order valence-electron chi connectivity index (χ2n) is 4.36. The van der Waals surface area contributed by atoms with Crippen molar-refractivity contribution in [2.24, 2.45) is 5.92 Å². The zero-order chi connectivity index (χ0) is 14.9. The molecule has 1 atom stereocenters. The van der Waals surface area contributed by atoms with Crippen molar-refractivity contribution < 1.29 is 19.1 Å². The average Bonchev–Trinajstić information content (AvgIpc) is 2.73. The summed E-state index contributed by atoms with van der Waals surface area (Å²) >= 11 is 0. The summed E-state index contributed by atoms with van der Waals surface area (Å²) in [6.07, 6.45) is 0. The minimum Gasteiger partial charge on any atom is -0.481 e. The number of carboxylic acids is 1. The van der Waals surface area contributed by atoms with Crippen molar-refractivity contribution in [1.29, 1.82) is 0 Å². The highest BCUT2D eigenvalue weighted by Gasteiger charge is 2.22. The summed E-state index contributed by atoms with van der Waals surface area (Å²) in [6, 6.07) is 4.14. The summed E-state index contributed by atoms with van der Waals surface area (Å²) in [4.78, 5) is 26.6. The summed E-state index contributed by atoms with van der Waals surface area (Å²) < 4.78 is 14.8. The summed E-state index contributed by atoms with van der Waals surface area (Å²) in [5.74, 6) is -3.27. The minimum atomic E-state index is -1.22. The number of carboxylic acid groups (broad SMARTS) is 1. The number of nitrogens with one attached hydrogen (secondary N) is 1. The van der Waals surface area contributed by atoms with Gasteiger partial charge in [-0.15, -0.1) is 0 Å². The van der Waals surface area contributed by atoms with E-state index < -0.39 is 23.6 Å². The van der Waals surface area contributed by atoms with Crippen LogP contribution in [0.5, 0.6) is 0 Å². The molecule has 0 aliphatic heterocycles. The molecule has 7 heteroatoms. The van der Waals surface area contributed by atoms with E-state index in [-0.39, 0.29) is 5.95 Å². The molecule has 1 aromatic carbocycles. The molecule has 2 rings (SSSR count). The number of rotatable bonds is 4. The molecule has 20 heavy (non-hydrogen) atoms. The Hall–Kier alpha value is -2.44. The van der Waals surface area contributed by atoms with Crippen LogP contribution in [0.15, 0.2) is 18.2 Å². The van der Waals surface area contributed by atoms with Crippen LogP contribution in [-0.2, 0) is 16.1 Å². The van der Waals surface area contributed by atoms with Crippen LogP contribution in [0.4, 0.5) is 10.3 Å². The van der Waals surface area contributed by atoms with Crippen molar-refractivity contribution >= 4 is 28.9 Å². The number of hydrogen-bond donors (Lipinski definition) is 2. The van der Waals surface area contributed by atoms with E-state index in [9.17, 15) is 14.0 Å². The number of anilines is 1. The fourth-order valence-corrected chi connectivity index (χ4v) is 1.85. The van der Waals surface area contributed by atoms with Gasteiger partial charge in [-0.2, -0.15) is 0 Å². The van der Waals surface area contributed by atoms with Crippen LogP contribution < -0.4 is 5.32 Å². The van der Waals surface area contributed by atoms with Crippen molar-refractivity contribution in [3.63, 3.8) is 0 Å². The maximum atomic E-state index is 13.2. The molecule has 6 nitrogen and oxygen atoms in total. The van der Waals surface area contributed by atoms with Crippen LogP contribution in [0, 0.1) is 11.7 Å². The Morgan fingerprint density at radius 3 is 2.80 bits per heavy atom. The minimum absolute atomic E-state index is 0.214. The van der Waals surface area contributed by atoms with Gasteiger partial charge in [0, 0.05) is 12.6 Å². The SMILES string of the molecule is CCn1c(NC(=O)C(C)C(=O)O)nc2cc(F)ccc21. The van der Waals surface area contributed by atoms with Gasteiger partial charge in [-0.1, -0.05) is 0 Å². The van der Waals surface area contributed by atoms with E-state index >= 15 is 0 Å². The highest BCUT2D eigenvalue weighted by Crippen LogP contribution is 2.21. The van der Waals surface area contributed by atoms with Gasteiger partial charge in [0.1, 0.15) is 11.7 Å². The number of halogens is 1. The van der Waals surface area contributed by atoms with Crippen LogP contribution in [0.2, 0.25) is 0 Å². The zero-order valence-corrected chi connectivity index (χ0v) is 11.1. The Bertz CT molecular complexity index is 681. The van der Waals surface area contributed by atoms with Gasteiger partial charge in [0.2, 0.25) is 11.9 Å².